The first-order valence-corrected chi connectivity index (χ1v) is 11.9. The summed E-state index contributed by atoms with van der Waals surface area (Å²) in [5.41, 5.74) is 1.99. The van der Waals surface area contributed by atoms with Crippen LogP contribution in [0.15, 0.2) is 59.0 Å². The lowest BCUT2D eigenvalue weighted by molar-refractivity contribution is -0.123. The zero-order valence-electron chi connectivity index (χ0n) is 19.7. The summed E-state index contributed by atoms with van der Waals surface area (Å²) in [6.45, 7) is 3.77. The van der Waals surface area contributed by atoms with Crippen LogP contribution >= 0.6 is 0 Å². The highest BCUT2D eigenvalue weighted by molar-refractivity contribution is 6.00. The zero-order valence-corrected chi connectivity index (χ0v) is 19.7. The number of ketones is 1. The van der Waals surface area contributed by atoms with Crippen molar-refractivity contribution in [3.63, 3.8) is 0 Å². The lowest BCUT2D eigenvalue weighted by Crippen LogP contribution is -2.56. The Balaban J connectivity index is 1.51. The van der Waals surface area contributed by atoms with Crippen molar-refractivity contribution in [2.45, 2.75) is 38.3 Å². The Hall–Kier alpha value is -3.72. The van der Waals surface area contributed by atoms with Crippen LogP contribution in [-0.2, 0) is 16.0 Å². The number of fused-ring (bicyclic) bond motifs is 1. The molecule has 1 fully saturated rings. The van der Waals surface area contributed by atoms with Crippen molar-refractivity contribution in [3.05, 3.63) is 66.1 Å². The number of nitrogens with zero attached hydrogens (tertiary/aromatic N) is 2. The van der Waals surface area contributed by atoms with E-state index in [-0.39, 0.29) is 11.9 Å². The molecule has 0 bridgehead atoms. The van der Waals surface area contributed by atoms with Crippen LogP contribution in [0.5, 0.6) is 0 Å². The fraction of sp³-hybridized carbons (Fsp3) is 0.385. The van der Waals surface area contributed by atoms with Gasteiger partial charge in [-0.25, -0.2) is 9.78 Å². The van der Waals surface area contributed by atoms with Crippen LogP contribution in [0.2, 0.25) is 0 Å². The van der Waals surface area contributed by atoms with Crippen molar-refractivity contribution >= 4 is 28.8 Å². The second-order valence-electron chi connectivity index (χ2n) is 8.49. The SMILES string of the molecule is CCC[C@H](NC(=O)[C@H](Cc1ccccc1)NC(=O)N1CCOCC1)C(=O)c1nc2ccccc2o1. The molecule has 1 aliphatic rings. The maximum Gasteiger partial charge on any atom is 0.318 e. The molecule has 35 heavy (non-hydrogen) atoms. The van der Waals surface area contributed by atoms with E-state index in [1.807, 2.05) is 43.3 Å². The first kappa shape index (κ1) is 24.4. The Kier molecular flexibility index (Phi) is 8.10. The van der Waals surface area contributed by atoms with Gasteiger partial charge in [0.1, 0.15) is 11.6 Å². The number of carbonyl (C=O) groups is 3. The molecule has 0 unspecified atom stereocenters. The lowest BCUT2D eigenvalue weighted by Gasteiger charge is -2.29. The smallest absolute Gasteiger partial charge is 0.318 e. The largest absolute Gasteiger partial charge is 0.434 e. The molecular weight excluding hydrogens is 448 g/mol. The number of ether oxygens (including phenoxy) is 1. The molecule has 9 nitrogen and oxygen atoms in total. The van der Waals surface area contributed by atoms with Gasteiger partial charge in [0.25, 0.3) is 5.89 Å². The maximum absolute atomic E-state index is 13.4. The van der Waals surface area contributed by atoms with Gasteiger partial charge in [0.05, 0.1) is 19.3 Å². The highest BCUT2D eigenvalue weighted by atomic mass is 16.5. The summed E-state index contributed by atoms with van der Waals surface area (Å²) in [5.74, 6) is -0.866. The molecule has 4 rings (SSSR count). The summed E-state index contributed by atoms with van der Waals surface area (Å²) in [7, 11) is 0. The van der Waals surface area contributed by atoms with Crippen LogP contribution in [0.25, 0.3) is 11.1 Å². The van der Waals surface area contributed by atoms with Gasteiger partial charge < -0.3 is 24.7 Å². The number of rotatable bonds is 9. The van der Waals surface area contributed by atoms with Crippen LogP contribution in [0.3, 0.4) is 0 Å². The first-order valence-electron chi connectivity index (χ1n) is 11.9. The van der Waals surface area contributed by atoms with E-state index in [9.17, 15) is 14.4 Å². The van der Waals surface area contributed by atoms with E-state index >= 15 is 0 Å². The van der Waals surface area contributed by atoms with E-state index in [4.69, 9.17) is 9.15 Å². The molecule has 2 atom stereocenters. The lowest BCUT2D eigenvalue weighted by atomic mass is 10.0. The maximum atomic E-state index is 13.4. The number of benzene rings is 2. The molecule has 1 aliphatic heterocycles. The third-order valence-corrected chi connectivity index (χ3v) is 5.91. The summed E-state index contributed by atoms with van der Waals surface area (Å²) in [6.07, 6.45) is 1.37. The average Bonchev–Trinajstić information content (AvgIpc) is 3.33. The number of oxazole rings is 1. The van der Waals surface area contributed by atoms with Crippen LogP contribution in [0.4, 0.5) is 4.79 Å². The van der Waals surface area contributed by atoms with Crippen LogP contribution in [0, 0.1) is 0 Å². The number of aromatic nitrogens is 1. The third kappa shape index (κ3) is 6.24. The Morgan fingerprint density at radius 2 is 1.69 bits per heavy atom. The standard InChI is InChI=1S/C26H30N4O5/c1-2-8-20(23(31)25-28-19-11-6-7-12-22(19)35-25)27-24(32)21(17-18-9-4-3-5-10-18)29-26(33)30-13-15-34-16-14-30/h3-7,9-12,20-21H,2,8,13-17H2,1H3,(H,27,32)(H,29,33)/t20-,21-/m0/s1. The topological polar surface area (TPSA) is 114 Å². The van der Waals surface area contributed by atoms with Gasteiger partial charge in [0.15, 0.2) is 5.58 Å². The highest BCUT2D eigenvalue weighted by Gasteiger charge is 2.30. The van der Waals surface area contributed by atoms with Crippen molar-refractivity contribution in [1.29, 1.82) is 0 Å². The first-order chi connectivity index (χ1) is 17.0. The Labute approximate surface area is 203 Å². The van der Waals surface area contributed by atoms with Crippen LogP contribution in [-0.4, -0.2) is 66.0 Å². The zero-order chi connectivity index (χ0) is 24.6. The molecule has 2 N–H and O–H groups in total. The third-order valence-electron chi connectivity index (χ3n) is 5.91. The van der Waals surface area contributed by atoms with E-state index in [0.717, 1.165) is 5.56 Å². The number of amides is 3. The molecule has 184 valence electrons. The summed E-state index contributed by atoms with van der Waals surface area (Å²) in [5, 5.41) is 5.69. The number of morpholine rings is 1. The number of hydrogen-bond acceptors (Lipinski definition) is 6. The normalized spacial score (nSPS) is 15.4. The molecule has 0 aliphatic carbocycles. The second-order valence-corrected chi connectivity index (χ2v) is 8.49. The van der Waals surface area contributed by atoms with Crippen molar-refractivity contribution in [3.8, 4) is 0 Å². The Bertz CT molecular complexity index is 1120. The molecule has 1 aromatic heterocycles. The number of hydrogen-bond donors (Lipinski definition) is 2. The van der Waals surface area contributed by atoms with E-state index in [1.165, 1.54) is 0 Å². The fourth-order valence-corrected chi connectivity index (χ4v) is 4.02. The molecule has 3 aromatic rings. The van der Waals surface area contributed by atoms with Crippen LogP contribution in [0.1, 0.15) is 36.0 Å². The molecular formula is C26H30N4O5. The molecule has 9 heteroatoms. The molecule has 2 aromatic carbocycles. The van der Waals surface area contributed by atoms with Crippen molar-refractivity contribution in [1.82, 2.24) is 20.5 Å². The van der Waals surface area contributed by atoms with Crippen LogP contribution < -0.4 is 10.6 Å². The monoisotopic (exact) mass is 478 g/mol. The van der Waals surface area contributed by atoms with Crippen molar-refractivity contribution in [2.24, 2.45) is 0 Å². The predicted molar refractivity (Wildman–Crippen MR) is 130 cm³/mol. The van der Waals surface area contributed by atoms with Gasteiger partial charge in [0.2, 0.25) is 11.7 Å². The second kappa shape index (κ2) is 11.6. The van der Waals surface area contributed by atoms with Gasteiger partial charge in [-0.05, 0) is 24.1 Å². The number of carbonyl (C=O) groups excluding carboxylic acids is 3. The van der Waals surface area contributed by atoms with Gasteiger partial charge >= 0.3 is 6.03 Å². The minimum absolute atomic E-state index is 0.0399. The fourth-order valence-electron chi connectivity index (χ4n) is 4.02. The van der Waals surface area contributed by atoms with E-state index in [2.05, 4.69) is 15.6 Å². The van der Waals surface area contributed by atoms with E-state index < -0.39 is 23.8 Å². The number of nitrogens with one attached hydrogen (secondary N) is 2. The Morgan fingerprint density at radius 3 is 2.40 bits per heavy atom. The van der Waals surface area contributed by atoms with Gasteiger partial charge in [-0.3, -0.25) is 9.59 Å². The minimum Gasteiger partial charge on any atom is -0.434 e. The Morgan fingerprint density at radius 1 is 0.971 bits per heavy atom. The summed E-state index contributed by atoms with van der Waals surface area (Å²) < 4.78 is 11.0. The molecule has 2 heterocycles. The number of urea groups is 1. The molecule has 1 saturated heterocycles. The van der Waals surface area contributed by atoms with Crippen molar-refractivity contribution in [2.75, 3.05) is 26.3 Å². The predicted octanol–water partition coefficient (Wildman–Crippen LogP) is 2.95. The molecule has 0 radical (unpaired) electrons. The van der Waals surface area contributed by atoms with Gasteiger partial charge in [-0.1, -0.05) is 55.8 Å². The average molecular weight is 479 g/mol. The van der Waals surface area contributed by atoms with E-state index in [1.54, 1.807) is 23.1 Å². The molecule has 3 amide bonds. The quantitative estimate of drug-likeness (QED) is 0.457. The van der Waals surface area contributed by atoms with Gasteiger partial charge in [-0.15, -0.1) is 0 Å². The van der Waals surface area contributed by atoms with E-state index in [0.29, 0.717) is 56.7 Å². The van der Waals surface area contributed by atoms with Crippen molar-refractivity contribution < 1.29 is 23.5 Å². The summed E-state index contributed by atoms with van der Waals surface area (Å²) >= 11 is 0. The number of para-hydroxylation sites is 2. The minimum atomic E-state index is -0.858. The molecule has 0 saturated carbocycles. The highest BCUT2D eigenvalue weighted by Crippen LogP contribution is 2.17. The number of Topliss-reactive ketones (excluding diaryl/α,β-unsaturated/α-hetero) is 1. The summed E-state index contributed by atoms with van der Waals surface area (Å²) in [6, 6.07) is 14.6. The summed E-state index contributed by atoms with van der Waals surface area (Å²) in [4.78, 5) is 45.4. The van der Waals surface area contributed by atoms with Gasteiger partial charge in [-0.2, -0.15) is 0 Å². The molecule has 0 spiro atoms. The van der Waals surface area contributed by atoms with Gasteiger partial charge in [0, 0.05) is 19.5 Å².